The van der Waals surface area contributed by atoms with Gasteiger partial charge in [-0.1, -0.05) is 170 Å². The van der Waals surface area contributed by atoms with Crippen molar-refractivity contribution >= 4 is 0 Å². The summed E-state index contributed by atoms with van der Waals surface area (Å²) in [5.74, 6) is 1.92. The van der Waals surface area contributed by atoms with Crippen LogP contribution < -0.4 is 0 Å². The molecule has 0 atom stereocenters. The molecule has 0 saturated heterocycles. The number of fused-ring (bicyclic) bond motifs is 10. The van der Waals surface area contributed by atoms with Gasteiger partial charge in [-0.05, 0) is 91.0 Å². The van der Waals surface area contributed by atoms with Crippen LogP contribution in [0.3, 0.4) is 0 Å². The smallest absolute Gasteiger partial charge is 0.164 e. The summed E-state index contributed by atoms with van der Waals surface area (Å²) in [6.07, 6.45) is 0. The molecule has 2 aliphatic rings. The van der Waals surface area contributed by atoms with E-state index in [1.54, 1.807) is 0 Å². The van der Waals surface area contributed by atoms with Gasteiger partial charge in [-0.25, -0.2) is 15.0 Å². The summed E-state index contributed by atoms with van der Waals surface area (Å²) in [5.41, 5.74) is 17.3. The summed E-state index contributed by atoms with van der Waals surface area (Å²) in [6, 6.07) is 70.4. The molecule has 0 unspecified atom stereocenters. The maximum atomic E-state index is 10.0. The predicted molar refractivity (Wildman–Crippen MR) is 228 cm³/mol. The van der Waals surface area contributed by atoms with E-state index in [1.165, 1.54) is 44.5 Å². The fourth-order valence-corrected chi connectivity index (χ4v) is 9.02. The Kier molecular flexibility index (Phi) is 7.42. The van der Waals surface area contributed by atoms with Crippen LogP contribution in [0.25, 0.3) is 78.7 Å². The van der Waals surface area contributed by atoms with E-state index < -0.39 is 5.41 Å². The van der Waals surface area contributed by atoms with Crippen molar-refractivity contribution in [3.8, 4) is 84.7 Å². The minimum atomic E-state index is -0.517. The Hall–Kier alpha value is -7.74. The summed E-state index contributed by atoms with van der Waals surface area (Å²) < 4.78 is 0. The monoisotopic (exact) mass is 724 g/mol. The molecule has 0 saturated carbocycles. The molecule has 57 heavy (non-hydrogen) atoms. The topological polar surface area (TPSA) is 62.5 Å². The summed E-state index contributed by atoms with van der Waals surface area (Å²) >= 11 is 0. The van der Waals surface area contributed by atoms with E-state index >= 15 is 0 Å². The van der Waals surface area contributed by atoms with Crippen molar-refractivity contribution < 1.29 is 0 Å². The van der Waals surface area contributed by atoms with Crippen molar-refractivity contribution in [2.24, 2.45) is 0 Å². The van der Waals surface area contributed by atoms with Gasteiger partial charge >= 0.3 is 0 Å². The lowest BCUT2D eigenvalue weighted by molar-refractivity contribution is 0.793. The largest absolute Gasteiger partial charge is 0.208 e. The number of hydrogen-bond acceptors (Lipinski definition) is 4. The minimum absolute atomic E-state index is 0.517. The van der Waals surface area contributed by atoms with Gasteiger partial charge in [0, 0.05) is 16.7 Å². The number of rotatable bonds is 5. The van der Waals surface area contributed by atoms with Crippen molar-refractivity contribution in [2.45, 2.75) is 5.41 Å². The zero-order valence-electron chi connectivity index (χ0n) is 30.8. The molecule has 4 nitrogen and oxygen atoms in total. The molecule has 11 rings (SSSR count). The van der Waals surface area contributed by atoms with Gasteiger partial charge in [0.2, 0.25) is 0 Å². The lowest BCUT2D eigenvalue weighted by Crippen LogP contribution is -2.26. The average molecular weight is 725 g/mol. The molecule has 0 radical (unpaired) electrons. The first kappa shape index (κ1) is 32.7. The van der Waals surface area contributed by atoms with Crippen molar-refractivity contribution in [1.82, 2.24) is 15.0 Å². The van der Waals surface area contributed by atoms with E-state index in [9.17, 15) is 5.26 Å². The summed E-state index contributed by atoms with van der Waals surface area (Å²) in [7, 11) is 0. The van der Waals surface area contributed by atoms with Gasteiger partial charge in [-0.15, -0.1) is 0 Å². The number of nitriles is 1. The van der Waals surface area contributed by atoms with Gasteiger partial charge < -0.3 is 0 Å². The van der Waals surface area contributed by atoms with Gasteiger partial charge in [0.15, 0.2) is 17.5 Å². The second-order valence-electron chi connectivity index (χ2n) is 14.7. The standard InChI is InChI=1S/C53H32N4/c54-33-34-22-28-44-45-29-27-40(32-49(45)53(48(44)30-34)46-20-9-7-18-42(46)43-19-8-10-21-47(43)53)36-25-23-35(24-26-36)39-16-11-17-41(31-39)52-56-50(37-12-3-1-4-13-37)55-51(57-52)38-14-5-2-6-15-38/h1-32H. The van der Waals surface area contributed by atoms with Crippen molar-refractivity contribution in [1.29, 1.82) is 5.26 Å². The van der Waals surface area contributed by atoms with Crippen LogP contribution in [0.1, 0.15) is 27.8 Å². The third-order valence-electron chi connectivity index (χ3n) is 11.6. The van der Waals surface area contributed by atoms with Crippen LogP contribution in [0.2, 0.25) is 0 Å². The molecule has 0 aliphatic heterocycles. The van der Waals surface area contributed by atoms with Crippen LogP contribution in [-0.4, -0.2) is 15.0 Å². The molecule has 1 aromatic heterocycles. The third kappa shape index (κ3) is 5.10. The highest BCUT2D eigenvalue weighted by molar-refractivity contribution is 5.96. The van der Waals surface area contributed by atoms with Gasteiger partial charge in [-0.2, -0.15) is 5.26 Å². The Morgan fingerprint density at radius 3 is 1.32 bits per heavy atom. The van der Waals surface area contributed by atoms with Crippen molar-refractivity contribution in [3.63, 3.8) is 0 Å². The molecule has 2 aliphatic carbocycles. The van der Waals surface area contributed by atoms with E-state index in [1.807, 2.05) is 66.7 Å². The Morgan fingerprint density at radius 1 is 0.316 bits per heavy atom. The van der Waals surface area contributed by atoms with Crippen molar-refractivity contribution in [2.75, 3.05) is 0 Å². The highest BCUT2D eigenvalue weighted by Gasteiger charge is 2.51. The van der Waals surface area contributed by atoms with E-state index in [2.05, 4.69) is 133 Å². The molecule has 264 valence electrons. The zero-order valence-corrected chi connectivity index (χ0v) is 30.8. The normalized spacial score (nSPS) is 12.7. The average Bonchev–Trinajstić information content (AvgIpc) is 3.76. The lowest BCUT2D eigenvalue weighted by Gasteiger charge is -2.30. The number of aromatic nitrogens is 3. The second-order valence-corrected chi connectivity index (χ2v) is 14.7. The first-order valence-electron chi connectivity index (χ1n) is 19.2. The van der Waals surface area contributed by atoms with Gasteiger partial charge in [0.25, 0.3) is 0 Å². The molecule has 0 fully saturated rings. The van der Waals surface area contributed by atoms with Gasteiger partial charge in [0.05, 0.1) is 17.0 Å². The fourth-order valence-electron chi connectivity index (χ4n) is 9.02. The van der Waals surface area contributed by atoms with E-state index in [-0.39, 0.29) is 0 Å². The Balaban J connectivity index is 0.991. The van der Waals surface area contributed by atoms with Crippen LogP contribution >= 0.6 is 0 Å². The molecule has 0 N–H and O–H groups in total. The van der Waals surface area contributed by atoms with Crippen molar-refractivity contribution in [3.05, 3.63) is 222 Å². The molecule has 8 aromatic carbocycles. The summed E-state index contributed by atoms with van der Waals surface area (Å²) in [4.78, 5) is 14.8. The molecule has 4 heteroatoms. The molecule has 9 aromatic rings. The Labute approximate surface area is 331 Å². The first-order valence-corrected chi connectivity index (χ1v) is 19.2. The number of benzene rings is 8. The second kappa shape index (κ2) is 12.9. The SMILES string of the molecule is N#Cc1ccc2c(c1)C1(c3ccccc3-c3ccccc31)c1cc(-c3ccc(-c4cccc(-c5nc(-c6ccccc6)nc(-c6ccccc6)n5)c4)cc3)ccc1-2. The maximum Gasteiger partial charge on any atom is 0.164 e. The molecule has 1 spiro atoms. The summed E-state index contributed by atoms with van der Waals surface area (Å²) in [6.45, 7) is 0. The van der Waals surface area contributed by atoms with Gasteiger partial charge in [-0.3, -0.25) is 0 Å². The van der Waals surface area contributed by atoms with Crippen LogP contribution in [-0.2, 0) is 5.41 Å². The highest BCUT2D eigenvalue weighted by atomic mass is 15.0. The minimum Gasteiger partial charge on any atom is -0.208 e. The van der Waals surface area contributed by atoms with Crippen LogP contribution in [0, 0.1) is 11.3 Å². The van der Waals surface area contributed by atoms with E-state index in [0.717, 1.165) is 38.9 Å². The Morgan fingerprint density at radius 2 is 0.737 bits per heavy atom. The lowest BCUT2D eigenvalue weighted by atomic mass is 9.70. The van der Waals surface area contributed by atoms with Gasteiger partial charge in [0.1, 0.15) is 0 Å². The van der Waals surface area contributed by atoms with Crippen LogP contribution in [0.15, 0.2) is 194 Å². The highest BCUT2D eigenvalue weighted by Crippen LogP contribution is 2.63. The summed E-state index contributed by atoms with van der Waals surface area (Å²) in [5, 5.41) is 10.0. The zero-order chi connectivity index (χ0) is 37.9. The van der Waals surface area contributed by atoms with Crippen LogP contribution in [0.5, 0.6) is 0 Å². The Bertz CT molecular complexity index is 2970. The molecular formula is C53H32N4. The maximum absolute atomic E-state index is 10.0. The quantitative estimate of drug-likeness (QED) is 0.177. The molecule has 1 heterocycles. The van der Waals surface area contributed by atoms with E-state index in [4.69, 9.17) is 15.0 Å². The van der Waals surface area contributed by atoms with Crippen LogP contribution in [0.4, 0.5) is 0 Å². The van der Waals surface area contributed by atoms with E-state index in [0.29, 0.717) is 23.0 Å². The number of hydrogen-bond donors (Lipinski definition) is 0. The third-order valence-corrected chi connectivity index (χ3v) is 11.6. The molecule has 0 bridgehead atoms. The number of nitrogens with zero attached hydrogens (tertiary/aromatic N) is 4. The molecule has 0 amide bonds. The molecular weight excluding hydrogens is 693 g/mol. The predicted octanol–water partition coefficient (Wildman–Crippen LogP) is 12.4. The first-order chi connectivity index (χ1) is 28.2. The fraction of sp³-hybridized carbons (Fsp3) is 0.0189.